The standard InChI is InChI=1S/C17H21ClN2O3/c1-12(2)11-15(17(22)23-10-4-3-9-19)20-16(21)13-5-7-14(18)8-6-13/h5-8,12,15H,3-4,10-11H2,1-2H3,(H,20,21). The Balaban J connectivity index is 2.66. The number of unbranched alkanes of at least 4 members (excludes halogenated alkanes) is 1. The summed E-state index contributed by atoms with van der Waals surface area (Å²) in [6.45, 7) is 4.10. The van der Waals surface area contributed by atoms with Gasteiger partial charge in [0.05, 0.1) is 12.7 Å². The van der Waals surface area contributed by atoms with Crippen LogP contribution in [0.15, 0.2) is 24.3 Å². The highest BCUT2D eigenvalue weighted by Crippen LogP contribution is 2.11. The highest BCUT2D eigenvalue weighted by Gasteiger charge is 2.23. The average Bonchev–Trinajstić information content (AvgIpc) is 2.50. The first-order valence-electron chi connectivity index (χ1n) is 7.54. The van der Waals surface area contributed by atoms with Crippen LogP contribution in [0.25, 0.3) is 0 Å². The molecule has 0 aliphatic rings. The molecule has 6 heteroatoms. The van der Waals surface area contributed by atoms with Crippen LogP contribution in [0.2, 0.25) is 5.02 Å². The smallest absolute Gasteiger partial charge is 0.328 e. The number of nitriles is 1. The summed E-state index contributed by atoms with van der Waals surface area (Å²) in [6, 6.07) is 7.72. The van der Waals surface area contributed by atoms with Crippen LogP contribution in [0.1, 0.15) is 43.5 Å². The Morgan fingerprint density at radius 1 is 1.30 bits per heavy atom. The molecule has 1 atom stereocenters. The van der Waals surface area contributed by atoms with Gasteiger partial charge in [-0.05, 0) is 43.0 Å². The van der Waals surface area contributed by atoms with E-state index in [-0.39, 0.29) is 18.4 Å². The summed E-state index contributed by atoms with van der Waals surface area (Å²) in [6.07, 6.45) is 1.30. The van der Waals surface area contributed by atoms with Gasteiger partial charge in [0, 0.05) is 17.0 Å². The molecule has 1 aromatic carbocycles. The van der Waals surface area contributed by atoms with Crippen molar-refractivity contribution in [3.05, 3.63) is 34.9 Å². The van der Waals surface area contributed by atoms with Crippen LogP contribution in [0.4, 0.5) is 0 Å². The van der Waals surface area contributed by atoms with Gasteiger partial charge in [0.25, 0.3) is 5.91 Å². The zero-order valence-electron chi connectivity index (χ0n) is 13.3. The molecule has 1 amide bonds. The Hall–Kier alpha value is -2.06. The Morgan fingerprint density at radius 2 is 1.96 bits per heavy atom. The molecular weight excluding hydrogens is 316 g/mol. The van der Waals surface area contributed by atoms with E-state index in [1.807, 2.05) is 19.9 Å². The second-order valence-corrected chi connectivity index (χ2v) is 6.03. The molecular formula is C17H21ClN2O3. The largest absolute Gasteiger partial charge is 0.464 e. The van der Waals surface area contributed by atoms with Crippen molar-refractivity contribution in [2.75, 3.05) is 6.61 Å². The number of esters is 1. The van der Waals surface area contributed by atoms with Gasteiger partial charge in [-0.3, -0.25) is 4.79 Å². The summed E-state index contributed by atoms with van der Waals surface area (Å²) in [5.74, 6) is -0.600. The van der Waals surface area contributed by atoms with Gasteiger partial charge in [-0.25, -0.2) is 4.79 Å². The number of carbonyl (C=O) groups is 2. The highest BCUT2D eigenvalue weighted by molar-refractivity contribution is 6.30. The van der Waals surface area contributed by atoms with Gasteiger partial charge >= 0.3 is 5.97 Å². The Kier molecular flexibility index (Phi) is 8.14. The number of carbonyl (C=O) groups excluding carboxylic acids is 2. The van der Waals surface area contributed by atoms with Crippen LogP contribution < -0.4 is 5.32 Å². The van der Waals surface area contributed by atoms with E-state index in [9.17, 15) is 9.59 Å². The first-order valence-corrected chi connectivity index (χ1v) is 7.92. The van der Waals surface area contributed by atoms with Gasteiger partial charge in [-0.15, -0.1) is 0 Å². The maximum Gasteiger partial charge on any atom is 0.328 e. The van der Waals surface area contributed by atoms with E-state index in [2.05, 4.69) is 5.32 Å². The Bertz CT molecular complexity index is 564. The summed E-state index contributed by atoms with van der Waals surface area (Å²) >= 11 is 5.80. The van der Waals surface area contributed by atoms with Crippen molar-refractivity contribution in [1.82, 2.24) is 5.32 Å². The molecule has 23 heavy (non-hydrogen) atoms. The van der Waals surface area contributed by atoms with Crippen molar-refractivity contribution in [2.45, 2.75) is 39.2 Å². The maximum atomic E-state index is 12.2. The summed E-state index contributed by atoms with van der Waals surface area (Å²) < 4.78 is 5.14. The SMILES string of the molecule is CC(C)CC(NC(=O)c1ccc(Cl)cc1)C(=O)OCCCC#N. The minimum atomic E-state index is -0.708. The lowest BCUT2D eigenvalue weighted by Gasteiger charge is -2.19. The molecule has 0 saturated heterocycles. The third-order valence-corrected chi connectivity index (χ3v) is 3.33. The molecule has 1 unspecified atom stereocenters. The molecule has 1 aromatic rings. The second-order valence-electron chi connectivity index (χ2n) is 5.59. The summed E-state index contributed by atoms with van der Waals surface area (Å²) in [5, 5.41) is 11.7. The molecule has 0 bridgehead atoms. The highest BCUT2D eigenvalue weighted by atomic mass is 35.5. The fourth-order valence-corrected chi connectivity index (χ4v) is 2.08. The number of amides is 1. The Morgan fingerprint density at radius 3 is 2.52 bits per heavy atom. The van der Waals surface area contributed by atoms with Crippen LogP contribution in [0.5, 0.6) is 0 Å². The topological polar surface area (TPSA) is 79.2 Å². The zero-order chi connectivity index (χ0) is 17.2. The molecule has 124 valence electrons. The predicted molar refractivity (Wildman–Crippen MR) is 88.0 cm³/mol. The van der Waals surface area contributed by atoms with Gasteiger partial charge in [-0.2, -0.15) is 5.26 Å². The van der Waals surface area contributed by atoms with Crippen LogP contribution >= 0.6 is 11.6 Å². The van der Waals surface area contributed by atoms with Crippen molar-refractivity contribution in [1.29, 1.82) is 5.26 Å². The number of halogens is 1. The van der Waals surface area contributed by atoms with E-state index in [0.717, 1.165) is 0 Å². The van der Waals surface area contributed by atoms with Gasteiger partial charge < -0.3 is 10.1 Å². The third-order valence-electron chi connectivity index (χ3n) is 3.08. The van der Waals surface area contributed by atoms with Crippen molar-refractivity contribution >= 4 is 23.5 Å². The minimum absolute atomic E-state index is 0.178. The van der Waals surface area contributed by atoms with E-state index in [1.54, 1.807) is 24.3 Å². The van der Waals surface area contributed by atoms with E-state index < -0.39 is 12.0 Å². The van der Waals surface area contributed by atoms with Crippen molar-refractivity contribution in [2.24, 2.45) is 5.92 Å². The molecule has 5 nitrogen and oxygen atoms in total. The number of nitrogens with one attached hydrogen (secondary N) is 1. The number of benzene rings is 1. The van der Waals surface area contributed by atoms with Crippen molar-refractivity contribution in [3.8, 4) is 6.07 Å². The molecule has 1 N–H and O–H groups in total. The van der Waals surface area contributed by atoms with E-state index in [0.29, 0.717) is 29.8 Å². The van der Waals surface area contributed by atoms with E-state index in [4.69, 9.17) is 21.6 Å². The lowest BCUT2D eigenvalue weighted by atomic mass is 10.0. The maximum absolute atomic E-state index is 12.2. The predicted octanol–water partition coefficient (Wildman–Crippen LogP) is 3.33. The van der Waals surface area contributed by atoms with E-state index in [1.165, 1.54) is 0 Å². The van der Waals surface area contributed by atoms with Gasteiger partial charge in [-0.1, -0.05) is 25.4 Å². The first kappa shape index (κ1) is 19.0. The van der Waals surface area contributed by atoms with Gasteiger partial charge in [0.1, 0.15) is 6.04 Å². The van der Waals surface area contributed by atoms with Crippen LogP contribution in [0, 0.1) is 17.2 Å². The van der Waals surface area contributed by atoms with Crippen LogP contribution in [-0.2, 0) is 9.53 Å². The number of hydrogen-bond acceptors (Lipinski definition) is 4. The molecule has 0 fully saturated rings. The molecule has 0 radical (unpaired) electrons. The first-order chi connectivity index (χ1) is 10.9. The quantitative estimate of drug-likeness (QED) is 0.583. The molecule has 0 heterocycles. The number of ether oxygens (including phenoxy) is 1. The summed E-state index contributed by atoms with van der Waals surface area (Å²) in [7, 11) is 0. The lowest BCUT2D eigenvalue weighted by molar-refractivity contribution is -0.146. The third kappa shape index (κ3) is 7.16. The molecule has 0 aliphatic carbocycles. The monoisotopic (exact) mass is 336 g/mol. The second kappa shape index (κ2) is 9.86. The van der Waals surface area contributed by atoms with Crippen LogP contribution in [-0.4, -0.2) is 24.5 Å². The molecule has 0 aliphatic heterocycles. The Labute approximate surface area is 141 Å². The minimum Gasteiger partial charge on any atom is -0.464 e. The lowest BCUT2D eigenvalue weighted by Crippen LogP contribution is -2.42. The molecule has 0 saturated carbocycles. The van der Waals surface area contributed by atoms with Crippen LogP contribution in [0.3, 0.4) is 0 Å². The molecule has 0 aromatic heterocycles. The fourth-order valence-electron chi connectivity index (χ4n) is 1.95. The number of hydrogen-bond donors (Lipinski definition) is 1. The fraction of sp³-hybridized carbons (Fsp3) is 0.471. The average molecular weight is 337 g/mol. The molecule has 1 rings (SSSR count). The van der Waals surface area contributed by atoms with Gasteiger partial charge in [0.15, 0.2) is 0 Å². The summed E-state index contributed by atoms with van der Waals surface area (Å²) in [4.78, 5) is 24.3. The van der Waals surface area contributed by atoms with Crippen molar-refractivity contribution in [3.63, 3.8) is 0 Å². The van der Waals surface area contributed by atoms with Crippen molar-refractivity contribution < 1.29 is 14.3 Å². The molecule has 0 spiro atoms. The van der Waals surface area contributed by atoms with E-state index >= 15 is 0 Å². The normalized spacial score (nSPS) is 11.6. The number of nitrogens with zero attached hydrogens (tertiary/aromatic N) is 1. The van der Waals surface area contributed by atoms with Gasteiger partial charge in [0.2, 0.25) is 0 Å². The number of rotatable bonds is 8. The zero-order valence-corrected chi connectivity index (χ0v) is 14.1. The summed E-state index contributed by atoms with van der Waals surface area (Å²) in [5.41, 5.74) is 0.431.